The molecular weight excluding hydrogens is 262 g/mol. The van der Waals surface area contributed by atoms with Gasteiger partial charge in [-0.05, 0) is 30.3 Å². The highest BCUT2D eigenvalue weighted by Gasteiger charge is 2.14. The predicted octanol–water partition coefficient (Wildman–Crippen LogP) is 3.01. The molecule has 0 amide bonds. The van der Waals surface area contributed by atoms with Gasteiger partial charge < -0.3 is 10.5 Å². The minimum absolute atomic E-state index is 0.405. The lowest BCUT2D eigenvalue weighted by Gasteiger charge is -2.10. The van der Waals surface area contributed by atoms with E-state index in [0.717, 1.165) is 28.4 Å². The molecule has 1 heterocycles. The van der Waals surface area contributed by atoms with Gasteiger partial charge in [0.25, 0.3) is 0 Å². The van der Waals surface area contributed by atoms with Gasteiger partial charge in [0, 0.05) is 12.1 Å². The maximum Gasteiger partial charge on any atom is 0.128 e. The molecule has 0 saturated carbocycles. The molecule has 0 unspecified atom stereocenters. The van der Waals surface area contributed by atoms with E-state index in [4.69, 9.17) is 10.5 Å². The van der Waals surface area contributed by atoms with Gasteiger partial charge in [0.1, 0.15) is 5.75 Å². The lowest BCUT2D eigenvalue weighted by molar-refractivity contribution is 0.416. The molecule has 0 atom stereocenters. The summed E-state index contributed by atoms with van der Waals surface area (Å²) in [4.78, 5) is 0. The summed E-state index contributed by atoms with van der Waals surface area (Å²) < 4.78 is 7.36. The molecule has 0 radical (unpaired) electrons. The molecule has 0 aliphatic heterocycles. The van der Waals surface area contributed by atoms with Crippen molar-refractivity contribution in [1.29, 1.82) is 0 Å². The topological polar surface area (TPSA) is 53.1 Å². The van der Waals surface area contributed by atoms with Crippen molar-refractivity contribution >= 4 is 0 Å². The van der Waals surface area contributed by atoms with Gasteiger partial charge in [0.05, 0.1) is 24.2 Å². The van der Waals surface area contributed by atoms with Gasteiger partial charge in [0.2, 0.25) is 0 Å². The minimum Gasteiger partial charge on any atom is -0.496 e. The van der Waals surface area contributed by atoms with Gasteiger partial charge in [-0.25, -0.2) is 4.68 Å². The summed E-state index contributed by atoms with van der Waals surface area (Å²) in [5.74, 6) is 0.818. The van der Waals surface area contributed by atoms with E-state index in [9.17, 15) is 0 Å². The summed E-state index contributed by atoms with van der Waals surface area (Å²) in [6, 6.07) is 19.9. The molecule has 3 rings (SSSR count). The van der Waals surface area contributed by atoms with Crippen LogP contribution in [-0.4, -0.2) is 16.9 Å². The van der Waals surface area contributed by atoms with Gasteiger partial charge in [-0.3, -0.25) is 0 Å². The summed E-state index contributed by atoms with van der Waals surface area (Å²) in [5.41, 5.74) is 9.56. The first-order chi connectivity index (χ1) is 10.3. The van der Waals surface area contributed by atoms with Crippen molar-refractivity contribution in [3.05, 3.63) is 66.4 Å². The third-order valence-electron chi connectivity index (χ3n) is 3.35. The Bertz CT molecular complexity index is 735. The summed E-state index contributed by atoms with van der Waals surface area (Å²) in [5, 5.41) is 4.59. The van der Waals surface area contributed by atoms with Crippen LogP contribution in [0.1, 0.15) is 5.69 Å². The molecule has 0 aliphatic rings. The molecule has 0 saturated heterocycles. The second-order valence-electron chi connectivity index (χ2n) is 4.67. The van der Waals surface area contributed by atoms with Crippen LogP contribution in [0.15, 0.2) is 60.7 Å². The number of benzene rings is 2. The molecule has 0 spiro atoms. The van der Waals surface area contributed by atoms with Crippen LogP contribution in [0.4, 0.5) is 0 Å². The lowest BCUT2D eigenvalue weighted by Crippen LogP contribution is -2.02. The molecule has 0 aliphatic carbocycles. The minimum atomic E-state index is 0.405. The van der Waals surface area contributed by atoms with E-state index in [1.807, 2.05) is 65.3 Å². The Labute approximate surface area is 123 Å². The number of hydrogen-bond acceptors (Lipinski definition) is 3. The smallest absolute Gasteiger partial charge is 0.128 e. The maximum atomic E-state index is 5.75. The highest BCUT2D eigenvalue weighted by Crippen LogP contribution is 2.31. The van der Waals surface area contributed by atoms with Crippen LogP contribution in [0.2, 0.25) is 0 Å². The summed E-state index contributed by atoms with van der Waals surface area (Å²) in [6.45, 7) is 0.405. The average molecular weight is 279 g/mol. The molecule has 4 nitrogen and oxygen atoms in total. The Balaban J connectivity index is 2.20. The van der Waals surface area contributed by atoms with Crippen molar-refractivity contribution in [2.75, 3.05) is 7.11 Å². The van der Waals surface area contributed by atoms with Crippen LogP contribution in [0.3, 0.4) is 0 Å². The largest absolute Gasteiger partial charge is 0.496 e. The van der Waals surface area contributed by atoms with Crippen molar-refractivity contribution < 1.29 is 4.74 Å². The van der Waals surface area contributed by atoms with Crippen LogP contribution in [-0.2, 0) is 6.54 Å². The number of hydrogen-bond donors (Lipinski definition) is 1. The Kier molecular flexibility index (Phi) is 3.71. The van der Waals surface area contributed by atoms with Crippen molar-refractivity contribution in [1.82, 2.24) is 9.78 Å². The molecule has 4 heteroatoms. The molecule has 2 aromatic carbocycles. The Morgan fingerprint density at radius 2 is 1.76 bits per heavy atom. The van der Waals surface area contributed by atoms with Crippen LogP contribution in [0.25, 0.3) is 16.9 Å². The van der Waals surface area contributed by atoms with Crippen molar-refractivity contribution in [2.45, 2.75) is 6.54 Å². The molecule has 3 aromatic rings. The fourth-order valence-corrected chi connectivity index (χ4v) is 2.34. The fraction of sp³-hybridized carbons (Fsp3) is 0.118. The van der Waals surface area contributed by atoms with Crippen LogP contribution in [0, 0.1) is 0 Å². The Morgan fingerprint density at radius 1 is 1.05 bits per heavy atom. The number of nitrogens with two attached hydrogens (primary N) is 1. The van der Waals surface area contributed by atoms with E-state index >= 15 is 0 Å². The zero-order valence-electron chi connectivity index (χ0n) is 11.9. The van der Waals surface area contributed by atoms with Crippen LogP contribution >= 0.6 is 0 Å². The SMILES string of the molecule is COc1ccccc1-c1cc(CN)nn1-c1ccccc1. The number of methoxy groups -OCH3 is 1. The van der Waals surface area contributed by atoms with Crippen molar-refractivity contribution in [2.24, 2.45) is 5.73 Å². The van der Waals surface area contributed by atoms with E-state index in [0.29, 0.717) is 6.54 Å². The Hall–Kier alpha value is -2.59. The zero-order valence-corrected chi connectivity index (χ0v) is 11.9. The molecule has 21 heavy (non-hydrogen) atoms. The summed E-state index contributed by atoms with van der Waals surface area (Å²) in [7, 11) is 1.67. The number of rotatable bonds is 4. The monoisotopic (exact) mass is 279 g/mol. The van der Waals surface area contributed by atoms with E-state index in [-0.39, 0.29) is 0 Å². The summed E-state index contributed by atoms with van der Waals surface area (Å²) in [6.07, 6.45) is 0. The van der Waals surface area contributed by atoms with Crippen LogP contribution in [0.5, 0.6) is 5.75 Å². The third kappa shape index (κ3) is 2.53. The first-order valence-electron chi connectivity index (χ1n) is 6.81. The van der Waals surface area contributed by atoms with Gasteiger partial charge in [-0.2, -0.15) is 5.10 Å². The highest BCUT2D eigenvalue weighted by atomic mass is 16.5. The fourth-order valence-electron chi connectivity index (χ4n) is 2.34. The molecular formula is C17H17N3O. The van der Waals surface area contributed by atoms with Crippen molar-refractivity contribution in [3.63, 3.8) is 0 Å². The average Bonchev–Trinajstić information content (AvgIpc) is 3.00. The molecule has 0 fully saturated rings. The van der Waals surface area contributed by atoms with Gasteiger partial charge in [0.15, 0.2) is 0 Å². The van der Waals surface area contributed by atoms with Gasteiger partial charge in [-0.1, -0.05) is 30.3 Å². The van der Waals surface area contributed by atoms with E-state index in [1.165, 1.54) is 0 Å². The first kappa shape index (κ1) is 13.4. The Morgan fingerprint density at radius 3 is 2.48 bits per heavy atom. The van der Waals surface area contributed by atoms with Crippen LogP contribution < -0.4 is 10.5 Å². The lowest BCUT2D eigenvalue weighted by atomic mass is 10.1. The summed E-state index contributed by atoms with van der Waals surface area (Å²) >= 11 is 0. The van der Waals surface area contributed by atoms with Gasteiger partial charge >= 0.3 is 0 Å². The normalized spacial score (nSPS) is 10.6. The number of ether oxygens (including phenoxy) is 1. The predicted molar refractivity (Wildman–Crippen MR) is 83.4 cm³/mol. The zero-order chi connectivity index (χ0) is 14.7. The standard InChI is InChI=1S/C17H17N3O/c1-21-17-10-6-5-9-15(17)16-11-13(12-18)19-20(16)14-7-3-2-4-8-14/h2-11H,12,18H2,1H3. The third-order valence-corrected chi connectivity index (χ3v) is 3.35. The number of para-hydroxylation sites is 2. The van der Waals surface area contributed by atoms with E-state index in [1.54, 1.807) is 7.11 Å². The molecule has 0 bridgehead atoms. The van der Waals surface area contributed by atoms with E-state index < -0.39 is 0 Å². The highest BCUT2D eigenvalue weighted by molar-refractivity contribution is 5.69. The second-order valence-corrected chi connectivity index (χ2v) is 4.67. The van der Waals surface area contributed by atoms with Crippen molar-refractivity contribution in [3.8, 4) is 22.7 Å². The van der Waals surface area contributed by atoms with Gasteiger partial charge in [-0.15, -0.1) is 0 Å². The molecule has 1 aromatic heterocycles. The second kappa shape index (κ2) is 5.81. The number of nitrogens with zero attached hydrogens (tertiary/aromatic N) is 2. The van der Waals surface area contributed by atoms with E-state index in [2.05, 4.69) is 5.10 Å². The maximum absolute atomic E-state index is 5.75. The molecule has 106 valence electrons. The first-order valence-corrected chi connectivity index (χ1v) is 6.81. The molecule has 2 N–H and O–H groups in total. The quantitative estimate of drug-likeness (QED) is 0.798. The number of aromatic nitrogens is 2.